The molecule has 1 rings (SSSR count). The molecule has 0 bridgehead atoms. The maximum Gasteiger partial charge on any atom is 0.326 e. The van der Waals surface area contributed by atoms with Crippen LogP contribution in [0.2, 0.25) is 0 Å². The van der Waals surface area contributed by atoms with Crippen LogP contribution in [0.15, 0.2) is 4.52 Å². The Morgan fingerprint density at radius 3 is 2.70 bits per heavy atom. The molecule has 0 saturated heterocycles. The number of nitrogens with one attached hydrogen (secondary N) is 1. The van der Waals surface area contributed by atoms with E-state index in [-0.39, 0.29) is 25.0 Å². The average Bonchev–Trinajstić information content (AvgIpc) is 2.80. The van der Waals surface area contributed by atoms with Gasteiger partial charge in [-0.2, -0.15) is 4.98 Å². The molecule has 1 aromatic heterocycles. The lowest BCUT2D eigenvalue weighted by Gasteiger charge is -2.19. The summed E-state index contributed by atoms with van der Waals surface area (Å²) in [7, 11) is 0. The van der Waals surface area contributed by atoms with Gasteiger partial charge in [0.1, 0.15) is 19.3 Å². The molecule has 20 heavy (non-hydrogen) atoms. The number of aromatic nitrogens is 2. The molecule has 0 aliphatic carbocycles. The number of hydrogen-bond acceptors (Lipinski definition) is 6. The quantitative estimate of drug-likeness (QED) is 0.715. The van der Waals surface area contributed by atoms with Crippen LogP contribution in [0.3, 0.4) is 0 Å². The molecule has 112 valence electrons. The smallest absolute Gasteiger partial charge is 0.326 e. The van der Waals surface area contributed by atoms with E-state index in [1.807, 2.05) is 6.92 Å². The van der Waals surface area contributed by atoms with Crippen LogP contribution < -0.4 is 5.32 Å². The van der Waals surface area contributed by atoms with Gasteiger partial charge in [0.2, 0.25) is 5.91 Å². The highest BCUT2D eigenvalue weighted by atomic mass is 16.5. The van der Waals surface area contributed by atoms with Crippen molar-refractivity contribution < 1.29 is 24.0 Å². The second-order valence-electron chi connectivity index (χ2n) is 4.50. The van der Waals surface area contributed by atoms with Crippen LogP contribution in [-0.4, -0.2) is 39.8 Å². The highest BCUT2D eigenvalue weighted by Crippen LogP contribution is 2.07. The van der Waals surface area contributed by atoms with Crippen LogP contribution in [0.5, 0.6) is 0 Å². The van der Waals surface area contributed by atoms with Gasteiger partial charge in [-0.15, -0.1) is 0 Å². The Balaban J connectivity index is 2.36. The molecule has 0 aromatic carbocycles. The molecule has 1 aromatic rings. The Kier molecular flexibility index (Phi) is 6.10. The minimum atomic E-state index is -1.06. The van der Waals surface area contributed by atoms with Crippen LogP contribution in [-0.2, 0) is 20.9 Å². The zero-order chi connectivity index (χ0) is 15.1. The van der Waals surface area contributed by atoms with Gasteiger partial charge < -0.3 is 19.7 Å². The van der Waals surface area contributed by atoms with Crippen molar-refractivity contribution in [3.8, 4) is 0 Å². The van der Waals surface area contributed by atoms with E-state index in [0.29, 0.717) is 12.2 Å². The number of carbonyl (C=O) groups is 2. The van der Waals surface area contributed by atoms with E-state index in [4.69, 9.17) is 14.4 Å². The predicted octanol–water partition coefficient (Wildman–Crippen LogP) is 0.510. The molecule has 0 fully saturated rings. The first-order chi connectivity index (χ1) is 9.43. The molecule has 8 heteroatoms. The molecular weight excluding hydrogens is 266 g/mol. The van der Waals surface area contributed by atoms with E-state index in [1.165, 1.54) is 0 Å². The summed E-state index contributed by atoms with van der Waals surface area (Å²) >= 11 is 0. The van der Waals surface area contributed by atoms with Crippen molar-refractivity contribution in [2.75, 3.05) is 6.61 Å². The maximum atomic E-state index is 11.6. The Bertz CT molecular complexity index is 460. The van der Waals surface area contributed by atoms with E-state index in [2.05, 4.69) is 15.5 Å². The van der Waals surface area contributed by atoms with Gasteiger partial charge in [-0.25, -0.2) is 4.79 Å². The van der Waals surface area contributed by atoms with Crippen LogP contribution in [0, 0.1) is 12.8 Å². The molecule has 0 aliphatic rings. The second kappa shape index (κ2) is 7.59. The van der Waals surface area contributed by atoms with E-state index in [1.54, 1.807) is 13.8 Å². The summed E-state index contributed by atoms with van der Waals surface area (Å²) < 4.78 is 9.90. The molecule has 1 heterocycles. The second-order valence-corrected chi connectivity index (χ2v) is 4.50. The molecule has 0 spiro atoms. The van der Waals surface area contributed by atoms with Crippen LogP contribution in [0.4, 0.5) is 0 Å². The fraction of sp³-hybridized carbons (Fsp3) is 0.667. The van der Waals surface area contributed by atoms with E-state index >= 15 is 0 Å². The SMILES string of the molecule is CC[C@H](C)[C@H](NC(=O)COCc1nc(C)no1)C(=O)O. The van der Waals surface area contributed by atoms with E-state index in [0.717, 1.165) is 0 Å². The molecule has 0 saturated carbocycles. The summed E-state index contributed by atoms with van der Waals surface area (Å²) in [6.07, 6.45) is 0.652. The lowest BCUT2D eigenvalue weighted by Crippen LogP contribution is -2.46. The van der Waals surface area contributed by atoms with Gasteiger partial charge in [0.25, 0.3) is 5.89 Å². The van der Waals surface area contributed by atoms with Gasteiger partial charge in [0.05, 0.1) is 0 Å². The van der Waals surface area contributed by atoms with Crippen molar-refractivity contribution >= 4 is 11.9 Å². The van der Waals surface area contributed by atoms with E-state index < -0.39 is 17.9 Å². The molecular formula is C12H19N3O5. The van der Waals surface area contributed by atoms with Crippen molar-refractivity contribution in [3.05, 3.63) is 11.7 Å². The first-order valence-corrected chi connectivity index (χ1v) is 6.33. The van der Waals surface area contributed by atoms with Gasteiger partial charge in [-0.05, 0) is 12.8 Å². The molecule has 0 unspecified atom stereocenters. The van der Waals surface area contributed by atoms with Crippen molar-refractivity contribution in [2.24, 2.45) is 5.92 Å². The highest BCUT2D eigenvalue weighted by molar-refractivity contribution is 5.84. The lowest BCUT2D eigenvalue weighted by molar-refractivity contribution is -0.144. The average molecular weight is 285 g/mol. The van der Waals surface area contributed by atoms with Crippen molar-refractivity contribution in [2.45, 2.75) is 39.8 Å². The fourth-order valence-electron chi connectivity index (χ4n) is 1.53. The maximum absolute atomic E-state index is 11.6. The summed E-state index contributed by atoms with van der Waals surface area (Å²) in [6.45, 7) is 5.04. The number of nitrogens with zero attached hydrogens (tertiary/aromatic N) is 2. The molecule has 2 N–H and O–H groups in total. The fourth-order valence-corrected chi connectivity index (χ4v) is 1.53. The third kappa shape index (κ3) is 4.96. The highest BCUT2D eigenvalue weighted by Gasteiger charge is 2.25. The number of aliphatic carboxylic acids is 1. The van der Waals surface area contributed by atoms with Gasteiger partial charge in [-0.3, -0.25) is 4.79 Å². The number of carbonyl (C=O) groups excluding carboxylic acids is 1. The molecule has 1 amide bonds. The summed E-state index contributed by atoms with van der Waals surface area (Å²) in [5.74, 6) is -0.952. The zero-order valence-corrected chi connectivity index (χ0v) is 11.8. The number of aryl methyl sites for hydroxylation is 1. The monoisotopic (exact) mass is 285 g/mol. The normalized spacial score (nSPS) is 13.8. The minimum absolute atomic E-state index is 0.00926. The number of carboxylic acids is 1. The Hall–Kier alpha value is -1.96. The first kappa shape index (κ1) is 16.1. The summed E-state index contributed by atoms with van der Waals surface area (Å²) in [6, 6.07) is -0.915. The number of ether oxygens (including phenoxy) is 1. The molecule has 2 atom stereocenters. The van der Waals surface area contributed by atoms with Gasteiger partial charge in [0.15, 0.2) is 5.82 Å². The van der Waals surface area contributed by atoms with Crippen LogP contribution in [0.1, 0.15) is 32.0 Å². The van der Waals surface area contributed by atoms with Crippen LogP contribution in [0.25, 0.3) is 0 Å². The Labute approximate surface area is 116 Å². The Morgan fingerprint density at radius 1 is 1.50 bits per heavy atom. The number of carboxylic acid groups (broad SMARTS) is 1. The van der Waals surface area contributed by atoms with E-state index in [9.17, 15) is 9.59 Å². The van der Waals surface area contributed by atoms with Crippen LogP contribution >= 0.6 is 0 Å². The van der Waals surface area contributed by atoms with Gasteiger partial charge >= 0.3 is 5.97 Å². The minimum Gasteiger partial charge on any atom is -0.480 e. The standard InChI is InChI=1S/C12H19N3O5/c1-4-7(2)11(12(17)18)14-9(16)5-19-6-10-13-8(3)15-20-10/h7,11H,4-6H2,1-3H3,(H,14,16)(H,17,18)/t7-,11-/m0/s1. The summed E-state index contributed by atoms with van der Waals surface area (Å²) in [5.41, 5.74) is 0. The van der Waals surface area contributed by atoms with Crippen molar-refractivity contribution in [1.82, 2.24) is 15.5 Å². The van der Waals surface area contributed by atoms with Gasteiger partial charge in [-0.1, -0.05) is 25.4 Å². The number of hydrogen-bond donors (Lipinski definition) is 2. The molecule has 0 radical (unpaired) electrons. The van der Waals surface area contributed by atoms with Gasteiger partial charge in [0, 0.05) is 0 Å². The lowest BCUT2D eigenvalue weighted by atomic mass is 9.99. The van der Waals surface area contributed by atoms with Crippen molar-refractivity contribution in [1.29, 1.82) is 0 Å². The molecule has 0 aliphatic heterocycles. The topological polar surface area (TPSA) is 115 Å². The first-order valence-electron chi connectivity index (χ1n) is 6.33. The number of rotatable bonds is 8. The predicted molar refractivity (Wildman–Crippen MR) is 67.7 cm³/mol. The largest absolute Gasteiger partial charge is 0.480 e. The Morgan fingerprint density at radius 2 is 2.20 bits per heavy atom. The molecule has 8 nitrogen and oxygen atoms in total. The zero-order valence-electron chi connectivity index (χ0n) is 11.8. The third-order valence-electron chi connectivity index (χ3n) is 2.82. The summed E-state index contributed by atoms with van der Waals surface area (Å²) in [4.78, 5) is 26.6. The third-order valence-corrected chi connectivity index (χ3v) is 2.82. The van der Waals surface area contributed by atoms with Crippen molar-refractivity contribution in [3.63, 3.8) is 0 Å². The summed E-state index contributed by atoms with van der Waals surface area (Å²) in [5, 5.41) is 15.0. The number of amides is 1.